The fraction of sp³-hybridized carbons (Fsp3) is 0.769. The third kappa shape index (κ3) is 6.47. The van der Waals surface area contributed by atoms with Crippen molar-refractivity contribution in [1.29, 1.82) is 0 Å². The van der Waals surface area contributed by atoms with Gasteiger partial charge in [-0.1, -0.05) is 5.92 Å². The first-order chi connectivity index (χ1) is 7.06. The molecule has 0 N–H and O–H groups in total. The maximum absolute atomic E-state index is 11.5. The molecule has 0 rings (SSSR count). The van der Waals surface area contributed by atoms with Gasteiger partial charge in [0.2, 0.25) is 0 Å². The zero-order chi connectivity index (χ0) is 13.0. The highest BCUT2D eigenvalue weighted by atomic mass is 16.6. The molecule has 0 aliphatic carbocycles. The van der Waals surface area contributed by atoms with Gasteiger partial charge >= 0.3 is 5.97 Å². The van der Waals surface area contributed by atoms with E-state index in [1.165, 1.54) is 0 Å². The molecule has 92 valence electrons. The predicted octanol–water partition coefficient (Wildman–Crippen LogP) is 2.39. The lowest BCUT2D eigenvalue weighted by atomic mass is 9.97. The van der Waals surface area contributed by atoms with Gasteiger partial charge in [-0.2, -0.15) is 0 Å². The fourth-order valence-electron chi connectivity index (χ4n) is 0.911. The lowest BCUT2D eigenvalue weighted by molar-refractivity contribution is -0.158. The molecule has 0 saturated heterocycles. The van der Waals surface area contributed by atoms with Crippen molar-refractivity contribution >= 4 is 5.97 Å². The van der Waals surface area contributed by atoms with E-state index in [1.807, 2.05) is 20.8 Å². The molecule has 0 aromatic rings. The highest BCUT2D eigenvalue weighted by Gasteiger charge is 2.25. The Morgan fingerprint density at radius 2 is 1.75 bits per heavy atom. The molecule has 0 aliphatic heterocycles. The zero-order valence-electron chi connectivity index (χ0n) is 11.1. The summed E-state index contributed by atoms with van der Waals surface area (Å²) in [7, 11) is 0. The smallest absolute Gasteiger partial charge is 0.311 e. The minimum atomic E-state index is -0.513. The third-order valence-electron chi connectivity index (χ3n) is 1.66. The molecule has 0 fully saturated rings. The van der Waals surface area contributed by atoms with Crippen molar-refractivity contribution in [3.8, 4) is 12.3 Å². The van der Waals surface area contributed by atoms with Crippen molar-refractivity contribution in [2.75, 3.05) is 6.61 Å². The van der Waals surface area contributed by atoms with Crippen molar-refractivity contribution in [2.24, 2.45) is 5.41 Å². The largest absolute Gasteiger partial charge is 0.461 e. The van der Waals surface area contributed by atoms with Crippen LogP contribution in [0.15, 0.2) is 0 Å². The minimum Gasteiger partial charge on any atom is -0.461 e. The molecule has 16 heavy (non-hydrogen) atoms. The molecular formula is C13H22O3. The number of esters is 1. The van der Waals surface area contributed by atoms with Crippen LogP contribution in [0.5, 0.6) is 0 Å². The second-order valence-electron chi connectivity index (χ2n) is 5.73. The summed E-state index contributed by atoms with van der Waals surface area (Å²) < 4.78 is 10.6. The Kier molecular flexibility index (Phi) is 5.02. The molecule has 1 atom stereocenters. The number of carbonyl (C=O) groups excluding carboxylic acids is 1. The van der Waals surface area contributed by atoms with Gasteiger partial charge in [0.15, 0.2) is 6.10 Å². The summed E-state index contributed by atoms with van der Waals surface area (Å²) in [5, 5.41) is 0. The number of carbonyl (C=O) groups is 1. The number of rotatable bonds is 3. The number of terminal acetylenes is 1. The van der Waals surface area contributed by atoms with E-state index < -0.39 is 11.5 Å². The van der Waals surface area contributed by atoms with Crippen LogP contribution in [0.1, 0.15) is 41.5 Å². The Balaban J connectivity index is 4.19. The van der Waals surface area contributed by atoms with E-state index in [0.29, 0.717) is 0 Å². The Hall–Kier alpha value is -1.01. The van der Waals surface area contributed by atoms with Crippen LogP contribution in [-0.2, 0) is 14.3 Å². The van der Waals surface area contributed by atoms with Crippen LogP contribution in [0.25, 0.3) is 0 Å². The lowest BCUT2D eigenvalue weighted by Gasteiger charge is -2.25. The molecular weight excluding hydrogens is 204 g/mol. The van der Waals surface area contributed by atoms with Crippen LogP contribution in [0, 0.1) is 17.8 Å². The summed E-state index contributed by atoms with van der Waals surface area (Å²) in [6, 6.07) is 0. The Morgan fingerprint density at radius 3 is 2.06 bits per heavy atom. The molecule has 0 radical (unpaired) electrons. The van der Waals surface area contributed by atoms with Crippen molar-refractivity contribution < 1.29 is 14.3 Å². The molecule has 0 saturated carbocycles. The standard InChI is InChI=1S/C13H22O3/c1-8-10(16-13(5,6)7)9-15-11(14)12(2,3)4/h1,10H,9H2,2-7H3. The van der Waals surface area contributed by atoms with Gasteiger partial charge in [0.05, 0.1) is 11.0 Å². The van der Waals surface area contributed by atoms with Gasteiger partial charge in [0, 0.05) is 0 Å². The van der Waals surface area contributed by atoms with E-state index >= 15 is 0 Å². The van der Waals surface area contributed by atoms with Gasteiger partial charge < -0.3 is 9.47 Å². The van der Waals surface area contributed by atoms with Crippen molar-refractivity contribution in [3.63, 3.8) is 0 Å². The quantitative estimate of drug-likeness (QED) is 0.547. The first kappa shape index (κ1) is 15.0. The van der Waals surface area contributed by atoms with E-state index in [9.17, 15) is 4.79 Å². The molecule has 0 aromatic carbocycles. The van der Waals surface area contributed by atoms with Crippen molar-refractivity contribution in [1.82, 2.24) is 0 Å². The van der Waals surface area contributed by atoms with Crippen LogP contribution in [0.4, 0.5) is 0 Å². The van der Waals surface area contributed by atoms with E-state index in [-0.39, 0.29) is 18.2 Å². The highest BCUT2D eigenvalue weighted by molar-refractivity contribution is 5.75. The molecule has 0 spiro atoms. The predicted molar refractivity (Wildman–Crippen MR) is 63.9 cm³/mol. The van der Waals surface area contributed by atoms with Crippen LogP contribution in [0.3, 0.4) is 0 Å². The average Bonchev–Trinajstić information content (AvgIpc) is 2.08. The molecule has 0 aliphatic rings. The van der Waals surface area contributed by atoms with Gasteiger partial charge in [-0.25, -0.2) is 0 Å². The van der Waals surface area contributed by atoms with E-state index in [2.05, 4.69) is 5.92 Å². The summed E-state index contributed by atoms with van der Waals surface area (Å²) in [5.74, 6) is 2.19. The monoisotopic (exact) mass is 226 g/mol. The van der Waals surface area contributed by atoms with Crippen LogP contribution < -0.4 is 0 Å². The highest BCUT2D eigenvalue weighted by Crippen LogP contribution is 2.16. The Morgan fingerprint density at radius 1 is 1.25 bits per heavy atom. The summed E-state index contributed by atoms with van der Waals surface area (Å²) in [6.07, 6.45) is 4.81. The topological polar surface area (TPSA) is 35.5 Å². The molecule has 3 nitrogen and oxygen atoms in total. The molecule has 3 heteroatoms. The molecule has 0 bridgehead atoms. The maximum atomic E-state index is 11.5. The van der Waals surface area contributed by atoms with E-state index in [0.717, 1.165) is 0 Å². The average molecular weight is 226 g/mol. The lowest BCUT2D eigenvalue weighted by Crippen LogP contribution is -2.32. The van der Waals surface area contributed by atoms with Crippen molar-refractivity contribution in [3.05, 3.63) is 0 Å². The molecule has 1 unspecified atom stereocenters. The first-order valence-electron chi connectivity index (χ1n) is 5.37. The Bertz CT molecular complexity index is 273. The van der Waals surface area contributed by atoms with Gasteiger partial charge in [-0.05, 0) is 41.5 Å². The summed E-state index contributed by atoms with van der Waals surface area (Å²) in [5.41, 5.74) is -0.855. The zero-order valence-corrected chi connectivity index (χ0v) is 11.1. The van der Waals surface area contributed by atoms with Crippen LogP contribution in [-0.4, -0.2) is 24.3 Å². The van der Waals surface area contributed by atoms with Gasteiger partial charge in [-0.15, -0.1) is 6.42 Å². The van der Waals surface area contributed by atoms with Gasteiger partial charge in [0.25, 0.3) is 0 Å². The third-order valence-corrected chi connectivity index (χ3v) is 1.66. The summed E-state index contributed by atoms with van der Waals surface area (Å²) in [6.45, 7) is 11.2. The number of hydrogen-bond acceptors (Lipinski definition) is 3. The summed E-state index contributed by atoms with van der Waals surface area (Å²) in [4.78, 5) is 11.5. The van der Waals surface area contributed by atoms with Crippen LogP contribution in [0.2, 0.25) is 0 Å². The second kappa shape index (κ2) is 5.36. The van der Waals surface area contributed by atoms with Crippen LogP contribution >= 0.6 is 0 Å². The Labute approximate surface area is 98.5 Å². The minimum absolute atomic E-state index is 0.101. The molecule has 0 heterocycles. The molecule has 0 amide bonds. The van der Waals surface area contributed by atoms with Crippen molar-refractivity contribution in [2.45, 2.75) is 53.2 Å². The van der Waals surface area contributed by atoms with Gasteiger partial charge in [0.1, 0.15) is 6.61 Å². The van der Waals surface area contributed by atoms with Gasteiger partial charge in [-0.3, -0.25) is 4.79 Å². The fourth-order valence-corrected chi connectivity index (χ4v) is 0.911. The van der Waals surface area contributed by atoms with E-state index in [4.69, 9.17) is 15.9 Å². The first-order valence-corrected chi connectivity index (χ1v) is 5.37. The SMILES string of the molecule is C#CC(COC(=O)C(C)(C)C)OC(C)(C)C. The normalized spacial score (nSPS) is 14.1. The second-order valence-corrected chi connectivity index (χ2v) is 5.73. The maximum Gasteiger partial charge on any atom is 0.311 e. The van der Waals surface area contributed by atoms with E-state index in [1.54, 1.807) is 20.8 Å². The number of hydrogen-bond donors (Lipinski definition) is 0. The number of ether oxygens (including phenoxy) is 2. The summed E-state index contributed by atoms with van der Waals surface area (Å²) >= 11 is 0. The molecule has 0 aromatic heterocycles.